The van der Waals surface area contributed by atoms with Crippen molar-refractivity contribution in [1.82, 2.24) is 9.21 Å². The highest BCUT2D eigenvalue weighted by atomic mass is 35.5. The summed E-state index contributed by atoms with van der Waals surface area (Å²) in [5.74, 6) is -0.907. The molecule has 1 aliphatic rings. The molecule has 3 aromatic carbocycles. The largest absolute Gasteiger partial charge is 0.290 e. The van der Waals surface area contributed by atoms with Gasteiger partial charge < -0.3 is 0 Å². The van der Waals surface area contributed by atoms with Crippen LogP contribution in [0.15, 0.2) is 77.7 Å². The molecule has 4 nitrogen and oxygen atoms in total. The van der Waals surface area contributed by atoms with E-state index in [0.29, 0.717) is 18.1 Å². The molecule has 1 atom stereocenters. The van der Waals surface area contributed by atoms with Crippen LogP contribution < -0.4 is 0 Å². The summed E-state index contributed by atoms with van der Waals surface area (Å²) in [5.41, 5.74) is 2.19. The van der Waals surface area contributed by atoms with Crippen LogP contribution in [0.25, 0.3) is 0 Å². The lowest BCUT2D eigenvalue weighted by atomic mass is 9.96. The summed E-state index contributed by atoms with van der Waals surface area (Å²) >= 11 is 11.9. The Morgan fingerprint density at radius 2 is 1.39 bits per heavy atom. The number of nitrogens with zero attached hydrogens (tertiary/aromatic N) is 2. The Kier molecular flexibility index (Phi) is 6.65. The van der Waals surface area contributed by atoms with Gasteiger partial charge in [-0.15, -0.1) is 0 Å². The first-order valence-corrected chi connectivity index (χ1v) is 12.1. The number of halogens is 3. The predicted octanol–water partition coefficient (Wildman–Crippen LogP) is 5.23. The maximum atomic E-state index is 14.4. The molecular weight excluding hydrogens is 458 g/mol. The normalized spacial score (nSPS) is 16.9. The summed E-state index contributed by atoms with van der Waals surface area (Å²) in [6, 6.07) is 21.8. The van der Waals surface area contributed by atoms with E-state index in [2.05, 4.69) is 17.0 Å². The van der Waals surface area contributed by atoms with Gasteiger partial charge in [-0.2, -0.15) is 4.31 Å². The van der Waals surface area contributed by atoms with Crippen molar-refractivity contribution in [2.45, 2.75) is 10.9 Å². The zero-order valence-corrected chi connectivity index (χ0v) is 18.9. The first-order valence-electron chi connectivity index (χ1n) is 9.86. The highest BCUT2D eigenvalue weighted by Crippen LogP contribution is 2.32. The van der Waals surface area contributed by atoms with Gasteiger partial charge in [0.1, 0.15) is 4.90 Å². The topological polar surface area (TPSA) is 40.6 Å². The standard InChI is InChI=1S/C23H21Cl2FN2O2S/c24-19-11-9-18(10-12-19)23(17-5-2-1-3-6-17)27-13-15-28(16-14-27)31(29,30)21-8-4-7-20(25)22(21)26/h1-12,23H,13-16H2/t23-/m0/s1. The second-order valence-corrected chi connectivity index (χ2v) is 10.1. The second-order valence-electron chi connectivity index (χ2n) is 7.36. The van der Waals surface area contributed by atoms with Crippen LogP contribution in [0.1, 0.15) is 17.2 Å². The van der Waals surface area contributed by atoms with Gasteiger partial charge in [0.2, 0.25) is 10.0 Å². The van der Waals surface area contributed by atoms with Gasteiger partial charge in [0.05, 0.1) is 11.1 Å². The van der Waals surface area contributed by atoms with Gasteiger partial charge in [0.15, 0.2) is 5.82 Å². The summed E-state index contributed by atoms with van der Waals surface area (Å²) in [6.07, 6.45) is 0. The first kappa shape index (κ1) is 22.2. The van der Waals surface area contributed by atoms with Crippen LogP contribution in [-0.4, -0.2) is 43.8 Å². The molecule has 4 rings (SSSR count). The fourth-order valence-electron chi connectivity index (χ4n) is 3.92. The Balaban J connectivity index is 1.58. The minimum Gasteiger partial charge on any atom is -0.290 e. The van der Waals surface area contributed by atoms with E-state index < -0.39 is 15.8 Å². The maximum Gasteiger partial charge on any atom is 0.246 e. The average Bonchev–Trinajstić information content (AvgIpc) is 2.78. The molecule has 0 bridgehead atoms. The van der Waals surface area contributed by atoms with E-state index in [4.69, 9.17) is 23.2 Å². The highest BCUT2D eigenvalue weighted by molar-refractivity contribution is 7.89. The average molecular weight is 479 g/mol. The summed E-state index contributed by atoms with van der Waals surface area (Å²) < 4.78 is 41.7. The number of piperazine rings is 1. The molecule has 8 heteroatoms. The third-order valence-electron chi connectivity index (χ3n) is 5.47. The molecule has 162 valence electrons. The highest BCUT2D eigenvalue weighted by Gasteiger charge is 2.34. The van der Waals surface area contributed by atoms with Crippen LogP contribution in [-0.2, 0) is 10.0 Å². The van der Waals surface area contributed by atoms with E-state index in [1.165, 1.54) is 22.5 Å². The minimum absolute atomic E-state index is 0.0359. The van der Waals surface area contributed by atoms with E-state index in [1.54, 1.807) is 0 Å². The van der Waals surface area contributed by atoms with Crippen LogP contribution in [0.5, 0.6) is 0 Å². The van der Waals surface area contributed by atoms with Crippen molar-refractivity contribution in [1.29, 1.82) is 0 Å². The predicted molar refractivity (Wildman–Crippen MR) is 121 cm³/mol. The molecule has 0 aliphatic carbocycles. The molecule has 0 radical (unpaired) electrons. The summed E-state index contributed by atoms with van der Waals surface area (Å²) in [4.78, 5) is 1.85. The third-order valence-corrected chi connectivity index (χ3v) is 7.93. The number of hydrogen-bond donors (Lipinski definition) is 0. The van der Waals surface area contributed by atoms with Crippen LogP contribution >= 0.6 is 23.2 Å². The van der Waals surface area contributed by atoms with Gasteiger partial charge in [-0.1, -0.05) is 71.7 Å². The Hall–Kier alpha value is -1.96. The maximum absolute atomic E-state index is 14.4. The minimum atomic E-state index is -3.97. The second kappa shape index (κ2) is 9.27. The van der Waals surface area contributed by atoms with E-state index in [9.17, 15) is 12.8 Å². The quantitative estimate of drug-likeness (QED) is 0.504. The molecule has 0 unspecified atom stereocenters. The molecular formula is C23H21Cl2FN2O2S. The smallest absolute Gasteiger partial charge is 0.246 e. The summed E-state index contributed by atoms with van der Waals surface area (Å²) in [7, 11) is -3.97. The number of benzene rings is 3. The molecule has 0 amide bonds. The molecule has 0 aromatic heterocycles. The van der Waals surface area contributed by atoms with Crippen molar-refractivity contribution in [2.24, 2.45) is 0 Å². The van der Waals surface area contributed by atoms with Crippen LogP contribution in [0.2, 0.25) is 10.0 Å². The lowest BCUT2D eigenvalue weighted by molar-refractivity contribution is 0.155. The van der Waals surface area contributed by atoms with Crippen molar-refractivity contribution in [3.05, 3.63) is 99.8 Å². The van der Waals surface area contributed by atoms with E-state index in [-0.39, 0.29) is 29.0 Å². The zero-order chi connectivity index (χ0) is 22.0. The Morgan fingerprint density at radius 1 is 0.774 bits per heavy atom. The first-order chi connectivity index (χ1) is 14.9. The van der Waals surface area contributed by atoms with Gasteiger partial charge in [-0.3, -0.25) is 4.90 Å². The van der Waals surface area contributed by atoms with Gasteiger partial charge in [0, 0.05) is 31.2 Å². The monoisotopic (exact) mass is 478 g/mol. The Labute approximate surface area is 191 Å². The van der Waals surface area contributed by atoms with Crippen molar-refractivity contribution in [2.75, 3.05) is 26.2 Å². The fraction of sp³-hybridized carbons (Fsp3) is 0.217. The third kappa shape index (κ3) is 4.64. The molecule has 1 fully saturated rings. The van der Waals surface area contributed by atoms with E-state index >= 15 is 0 Å². The molecule has 0 saturated carbocycles. The van der Waals surface area contributed by atoms with Gasteiger partial charge >= 0.3 is 0 Å². The number of hydrogen-bond acceptors (Lipinski definition) is 3. The van der Waals surface area contributed by atoms with Gasteiger partial charge in [-0.25, -0.2) is 12.8 Å². The molecule has 1 heterocycles. The van der Waals surface area contributed by atoms with Crippen molar-refractivity contribution < 1.29 is 12.8 Å². The number of sulfonamides is 1. The summed E-state index contributed by atoms with van der Waals surface area (Å²) in [5, 5.41) is 0.460. The SMILES string of the molecule is O=S(=O)(c1cccc(Cl)c1F)N1CCN([C@@H](c2ccccc2)c2ccc(Cl)cc2)CC1. The zero-order valence-electron chi connectivity index (χ0n) is 16.6. The molecule has 3 aromatic rings. The van der Waals surface area contributed by atoms with Gasteiger partial charge in [0.25, 0.3) is 0 Å². The van der Waals surface area contributed by atoms with E-state index in [1.807, 2.05) is 42.5 Å². The molecule has 1 aliphatic heterocycles. The van der Waals surface area contributed by atoms with Crippen LogP contribution in [0, 0.1) is 5.82 Å². The number of rotatable bonds is 5. The molecule has 0 spiro atoms. The summed E-state index contributed by atoms with van der Waals surface area (Å²) in [6.45, 7) is 1.52. The lowest BCUT2D eigenvalue weighted by Crippen LogP contribution is -2.49. The Bertz CT molecular complexity index is 1150. The van der Waals surface area contributed by atoms with Crippen molar-refractivity contribution in [3.8, 4) is 0 Å². The molecule has 0 N–H and O–H groups in total. The van der Waals surface area contributed by atoms with Crippen LogP contribution in [0.3, 0.4) is 0 Å². The van der Waals surface area contributed by atoms with Crippen molar-refractivity contribution >= 4 is 33.2 Å². The lowest BCUT2D eigenvalue weighted by Gasteiger charge is -2.39. The van der Waals surface area contributed by atoms with Crippen LogP contribution in [0.4, 0.5) is 4.39 Å². The van der Waals surface area contributed by atoms with Gasteiger partial charge in [-0.05, 0) is 35.4 Å². The molecule has 1 saturated heterocycles. The van der Waals surface area contributed by atoms with Crippen molar-refractivity contribution in [3.63, 3.8) is 0 Å². The molecule has 31 heavy (non-hydrogen) atoms. The Morgan fingerprint density at radius 3 is 2.03 bits per heavy atom. The van der Waals surface area contributed by atoms with E-state index in [0.717, 1.165) is 11.1 Å². The fourth-order valence-corrected chi connectivity index (χ4v) is 5.78.